The van der Waals surface area contributed by atoms with Crippen molar-refractivity contribution >= 4 is 39.8 Å². The molecule has 19 heavy (non-hydrogen) atoms. The SMILES string of the molecule is Clc1ccc2c(NCC3CCCC3Cl)ccnc2c1. The zero-order chi connectivity index (χ0) is 13.2. The van der Waals surface area contributed by atoms with E-state index in [0.29, 0.717) is 16.3 Å². The molecular formula is C15H16Cl2N2. The van der Waals surface area contributed by atoms with Crippen LogP contribution in [0.1, 0.15) is 19.3 Å². The average Bonchev–Trinajstić information content (AvgIpc) is 2.81. The standard InChI is InChI=1S/C15H16Cl2N2/c16-11-4-5-12-14(6-7-18-15(12)8-11)19-9-10-2-1-3-13(10)17/h4-8,10,13H,1-3,9H2,(H,18,19). The number of nitrogens with zero attached hydrogens (tertiary/aromatic N) is 1. The smallest absolute Gasteiger partial charge is 0.0737 e. The zero-order valence-electron chi connectivity index (χ0n) is 10.6. The number of pyridine rings is 1. The summed E-state index contributed by atoms with van der Waals surface area (Å²) in [7, 11) is 0. The van der Waals surface area contributed by atoms with Crippen LogP contribution in [0.2, 0.25) is 5.02 Å². The Labute approximate surface area is 123 Å². The van der Waals surface area contributed by atoms with Crippen molar-refractivity contribution in [2.75, 3.05) is 11.9 Å². The Balaban J connectivity index is 1.81. The van der Waals surface area contributed by atoms with E-state index in [1.165, 1.54) is 12.8 Å². The summed E-state index contributed by atoms with van der Waals surface area (Å²) < 4.78 is 0. The van der Waals surface area contributed by atoms with Crippen molar-refractivity contribution in [3.63, 3.8) is 0 Å². The molecule has 3 rings (SSSR count). The highest BCUT2D eigenvalue weighted by Crippen LogP contribution is 2.31. The lowest BCUT2D eigenvalue weighted by molar-refractivity contribution is 0.586. The molecular weight excluding hydrogens is 279 g/mol. The predicted octanol–water partition coefficient (Wildman–Crippen LogP) is 4.71. The van der Waals surface area contributed by atoms with Gasteiger partial charge in [0.05, 0.1) is 5.52 Å². The molecule has 2 nitrogen and oxygen atoms in total. The van der Waals surface area contributed by atoms with Gasteiger partial charge in [-0.15, -0.1) is 11.6 Å². The third-order valence-corrected chi connectivity index (χ3v) is 4.64. The summed E-state index contributed by atoms with van der Waals surface area (Å²) in [4.78, 5) is 4.35. The number of benzene rings is 1. The van der Waals surface area contributed by atoms with E-state index in [4.69, 9.17) is 23.2 Å². The van der Waals surface area contributed by atoms with E-state index in [2.05, 4.69) is 10.3 Å². The monoisotopic (exact) mass is 294 g/mol. The Hall–Kier alpha value is -0.990. The van der Waals surface area contributed by atoms with Crippen molar-refractivity contribution in [2.45, 2.75) is 24.6 Å². The Kier molecular flexibility index (Phi) is 3.81. The Morgan fingerprint density at radius 2 is 2.16 bits per heavy atom. The predicted molar refractivity (Wildman–Crippen MR) is 82.2 cm³/mol. The lowest BCUT2D eigenvalue weighted by Crippen LogP contribution is -2.18. The fourth-order valence-corrected chi connectivity index (χ4v) is 3.27. The lowest BCUT2D eigenvalue weighted by Gasteiger charge is -2.16. The molecule has 1 aliphatic rings. The van der Waals surface area contributed by atoms with E-state index in [1.54, 1.807) is 0 Å². The van der Waals surface area contributed by atoms with Crippen LogP contribution in [-0.4, -0.2) is 16.9 Å². The number of halogens is 2. The number of fused-ring (bicyclic) bond motifs is 1. The fourth-order valence-electron chi connectivity index (χ4n) is 2.74. The van der Waals surface area contributed by atoms with Gasteiger partial charge in [0, 0.05) is 34.2 Å². The van der Waals surface area contributed by atoms with E-state index in [9.17, 15) is 0 Å². The number of nitrogens with one attached hydrogen (secondary N) is 1. The second-order valence-electron chi connectivity index (χ2n) is 5.11. The molecule has 0 aliphatic heterocycles. The zero-order valence-corrected chi connectivity index (χ0v) is 12.1. The number of hydrogen-bond acceptors (Lipinski definition) is 2. The Morgan fingerprint density at radius 3 is 2.95 bits per heavy atom. The van der Waals surface area contributed by atoms with E-state index in [0.717, 1.165) is 29.6 Å². The molecule has 1 aromatic heterocycles. The maximum absolute atomic E-state index is 6.31. The van der Waals surface area contributed by atoms with Gasteiger partial charge in [0.1, 0.15) is 0 Å². The van der Waals surface area contributed by atoms with Gasteiger partial charge in [-0.05, 0) is 43.0 Å². The second-order valence-corrected chi connectivity index (χ2v) is 6.10. The highest BCUT2D eigenvalue weighted by atomic mass is 35.5. The van der Waals surface area contributed by atoms with Crippen LogP contribution >= 0.6 is 23.2 Å². The molecule has 2 aromatic rings. The third kappa shape index (κ3) is 2.80. The van der Waals surface area contributed by atoms with Crippen LogP contribution in [0.4, 0.5) is 5.69 Å². The van der Waals surface area contributed by atoms with Crippen molar-refractivity contribution in [3.8, 4) is 0 Å². The Bertz CT molecular complexity index is 585. The fraction of sp³-hybridized carbons (Fsp3) is 0.400. The van der Waals surface area contributed by atoms with E-state index in [-0.39, 0.29) is 0 Å². The van der Waals surface area contributed by atoms with Crippen LogP contribution in [0.15, 0.2) is 30.5 Å². The van der Waals surface area contributed by atoms with Gasteiger partial charge in [0.15, 0.2) is 0 Å². The first-order chi connectivity index (χ1) is 9.24. The molecule has 0 amide bonds. The summed E-state index contributed by atoms with van der Waals surface area (Å²) in [5.41, 5.74) is 2.03. The van der Waals surface area contributed by atoms with Gasteiger partial charge in [-0.25, -0.2) is 0 Å². The number of hydrogen-bond donors (Lipinski definition) is 1. The summed E-state index contributed by atoms with van der Waals surface area (Å²) in [5.74, 6) is 0.567. The maximum Gasteiger partial charge on any atom is 0.0737 e. The topological polar surface area (TPSA) is 24.9 Å². The molecule has 100 valence electrons. The molecule has 1 aromatic carbocycles. The van der Waals surface area contributed by atoms with Crippen molar-refractivity contribution in [3.05, 3.63) is 35.5 Å². The van der Waals surface area contributed by atoms with E-state index < -0.39 is 0 Å². The van der Waals surface area contributed by atoms with Gasteiger partial charge in [-0.1, -0.05) is 18.0 Å². The first kappa shape index (κ1) is 13.0. The molecule has 2 unspecified atom stereocenters. The maximum atomic E-state index is 6.31. The van der Waals surface area contributed by atoms with Gasteiger partial charge >= 0.3 is 0 Å². The van der Waals surface area contributed by atoms with Crippen molar-refractivity contribution in [1.82, 2.24) is 4.98 Å². The molecule has 0 spiro atoms. The number of anilines is 1. The molecule has 0 radical (unpaired) electrons. The molecule has 1 heterocycles. The number of aromatic nitrogens is 1. The summed E-state index contributed by atoms with van der Waals surface area (Å²) in [5, 5.41) is 5.65. The van der Waals surface area contributed by atoms with Crippen molar-refractivity contribution in [2.24, 2.45) is 5.92 Å². The van der Waals surface area contributed by atoms with Gasteiger partial charge in [-0.2, -0.15) is 0 Å². The molecule has 1 fully saturated rings. The summed E-state index contributed by atoms with van der Waals surface area (Å²) in [6.45, 7) is 0.926. The summed E-state index contributed by atoms with van der Waals surface area (Å²) in [6, 6.07) is 7.81. The van der Waals surface area contributed by atoms with Crippen LogP contribution in [0.5, 0.6) is 0 Å². The molecule has 4 heteroatoms. The van der Waals surface area contributed by atoms with Crippen molar-refractivity contribution in [1.29, 1.82) is 0 Å². The number of rotatable bonds is 3. The number of alkyl halides is 1. The largest absolute Gasteiger partial charge is 0.384 e. The first-order valence-electron chi connectivity index (χ1n) is 6.66. The lowest BCUT2D eigenvalue weighted by atomic mass is 10.1. The van der Waals surface area contributed by atoms with Crippen LogP contribution in [-0.2, 0) is 0 Å². The summed E-state index contributed by atoms with van der Waals surface area (Å²) in [6.07, 6.45) is 5.41. The first-order valence-corrected chi connectivity index (χ1v) is 7.48. The quantitative estimate of drug-likeness (QED) is 0.830. The van der Waals surface area contributed by atoms with Crippen LogP contribution < -0.4 is 5.32 Å². The van der Waals surface area contributed by atoms with Gasteiger partial charge < -0.3 is 5.32 Å². The van der Waals surface area contributed by atoms with Crippen LogP contribution in [0.25, 0.3) is 10.9 Å². The minimum atomic E-state index is 0.315. The van der Waals surface area contributed by atoms with E-state index in [1.807, 2.05) is 30.5 Å². The van der Waals surface area contributed by atoms with Crippen LogP contribution in [0.3, 0.4) is 0 Å². The normalized spacial score (nSPS) is 22.8. The Morgan fingerprint density at radius 1 is 1.26 bits per heavy atom. The molecule has 0 saturated heterocycles. The molecule has 1 saturated carbocycles. The minimum absolute atomic E-state index is 0.315. The highest BCUT2D eigenvalue weighted by Gasteiger charge is 2.24. The van der Waals surface area contributed by atoms with Crippen molar-refractivity contribution < 1.29 is 0 Å². The van der Waals surface area contributed by atoms with Crippen LogP contribution in [0, 0.1) is 5.92 Å². The highest BCUT2D eigenvalue weighted by molar-refractivity contribution is 6.31. The molecule has 1 aliphatic carbocycles. The average molecular weight is 295 g/mol. The summed E-state index contributed by atoms with van der Waals surface area (Å²) >= 11 is 12.3. The molecule has 1 N–H and O–H groups in total. The minimum Gasteiger partial charge on any atom is -0.384 e. The third-order valence-electron chi connectivity index (χ3n) is 3.83. The molecule has 0 bridgehead atoms. The van der Waals surface area contributed by atoms with Gasteiger partial charge in [0.25, 0.3) is 0 Å². The molecule has 2 atom stereocenters. The van der Waals surface area contributed by atoms with Gasteiger partial charge in [-0.3, -0.25) is 4.98 Å². The van der Waals surface area contributed by atoms with E-state index >= 15 is 0 Å². The second kappa shape index (κ2) is 5.56. The van der Waals surface area contributed by atoms with Gasteiger partial charge in [0.2, 0.25) is 0 Å².